The van der Waals surface area contributed by atoms with E-state index in [0.29, 0.717) is 17.8 Å². The van der Waals surface area contributed by atoms with Crippen LogP contribution in [0.4, 0.5) is 4.39 Å². The molecule has 1 aromatic carbocycles. The highest BCUT2D eigenvalue weighted by molar-refractivity contribution is 9.10. The molecule has 0 bridgehead atoms. The average Bonchev–Trinajstić information content (AvgIpc) is 2.98. The number of carbonyl (C=O) groups excluding carboxylic acids is 1. The van der Waals surface area contributed by atoms with Crippen LogP contribution in [0.3, 0.4) is 0 Å². The summed E-state index contributed by atoms with van der Waals surface area (Å²) < 4.78 is 14.7. The second-order valence-electron chi connectivity index (χ2n) is 5.24. The fraction of sp³-hybridized carbons (Fsp3) is 0.294. The number of hydrogen-bond donors (Lipinski definition) is 1. The van der Waals surface area contributed by atoms with Gasteiger partial charge in [0.25, 0.3) is 5.91 Å². The van der Waals surface area contributed by atoms with Gasteiger partial charge in [0, 0.05) is 28.8 Å². The lowest BCUT2D eigenvalue weighted by molar-refractivity contribution is 0.0755. The highest BCUT2D eigenvalue weighted by Gasteiger charge is 2.19. The summed E-state index contributed by atoms with van der Waals surface area (Å²) in [6.45, 7) is 6.20. The number of aromatic nitrogens is 2. The van der Waals surface area contributed by atoms with Crippen LogP contribution in [-0.2, 0) is 13.0 Å². The van der Waals surface area contributed by atoms with Gasteiger partial charge in [-0.3, -0.25) is 9.89 Å². The number of nitrogens with zero attached hydrogens (tertiary/aromatic N) is 2. The van der Waals surface area contributed by atoms with E-state index in [2.05, 4.69) is 39.6 Å². The lowest BCUT2D eigenvalue weighted by atomic mass is 10.2. The first-order valence-corrected chi connectivity index (χ1v) is 8.22. The van der Waals surface area contributed by atoms with Crippen LogP contribution in [0.2, 0.25) is 0 Å². The normalized spacial score (nSPS) is 10.6. The quantitative estimate of drug-likeness (QED) is 0.736. The van der Waals surface area contributed by atoms with Gasteiger partial charge in [0.05, 0.1) is 0 Å². The molecule has 0 saturated carbocycles. The van der Waals surface area contributed by atoms with Gasteiger partial charge in [0.2, 0.25) is 0 Å². The molecule has 2 aromatic rings. The molecule has 23 heavy (non-hydrogen) atoms. The molecule has 4 nitrogen and oxygen atoms in total. The number of carbonyl (C=O) groups is 1. The first-order valence-electron chi connectivity index (χ1n) is 7.43. The maximum atomic E-state index is 13.9. The zero-order valence-electron chi connectivity index (χ0n) is 13.0. The van der Waals surface area contributed by atoms with Gasteiger partial charge in [0.1, 0.15) is 11.5 Å². The van der Waals surface area contributed by atoms with Crippen molar-refractivity contribution in [2.24, 2.45) is 0 Å². The van der Waals surface area contributed by atoms with Gasteiger partial charge < -0.3 is 4.90 Å². The maximum Gasteiger partial charge on any atom is 0.274 e. The first kappa shape index (κ1) is 17.4. The van der Waals surface area contributed by atoms with Crippen LogP contribution in [0, 0.1) is 5.82 Å². The molecule has 0 atom stereocenters. The predicted octanol–water partition coefficient (Wildman–Crippen LogP) is 4.09. The Morgan fingerprint density at radius 3 is 2.96 bits per heavy atom. The molecule has 0 aliphatic carbocycles. The fourth-order valence-corrected chi connectivity index (χ4v) is 2.68. The molecule has 0 aliphatic rings. The largest absolute Gasteiger partial charge is 0.329 e. The Kier molecular flexibility index (Phi) is 6.10. The number of benzene rings is 1. The molecule has 0 radical (unpaired) electrons. The molecular formula is C17H19BrFN3O. The Morgan fingerprint density at radius 2 is 2.26 bits per heavy atom. The molecule has 0 unspecified atom stereocenters. The summed E-state index contributed by atoms with van der Waals surface area (Å²) in [5, 5.41) is 6.93. The summed E-state index contributed by atoms with van der Waals surface area (Å²) >= 11 is 3.32. The second-order valence-corrected chi connectivity index (χ2v) is 6.15. The Balaban J connectivity index is 2.20. The number of aromatic amines is 1. The molecule has 2 rings (SSSR count). The lowest BCUT2D eigenvalue weighted by Crippen LogP contribution is -2.31. The van der Waals surface area contributed by atoms with E-state index in [1.165, 1.54) is 11.0 Å². The smallest absolute Gasteiger partial charge is 0.274 e. The molecule has 1 amide bonds. The van der Waals surface area contributed by atoms with Crippen LogP contribution in [0.1, 0.15) is 35.1 Å². The summed E-state index contributed by atoms with van der Waals surface area (Å²) in [6, 6.07) is 6.43. The van der Waals surface area contributed by atoms with Gasteiger partial charge in [0.15, 0.2) is 0 Å². The van der Waals surface area contributed by atoms with Crippen molar-refractivity contribution in [2.75, 3.05) is 6.54 Å². The number of rotatable bonds is 7. The zero-order valence-corrected chi connectivity index (χ0v) is 14.6. The zero-order chi connectivity index (χ0) is 16.8. The van der Waals surface area contributed by atoms with Crippen molar-refractivity contribution in [2.45, 2.75) is 26.3 Å². The minimum absolute atomic E-state index is 0.159. The summed E-state index contributed by atoms with van der Waals surface area (Å²) in [5.74, 6) is -0.591. The Labute approximate surface area is 143 Å². The third kappa shape index (κ3) is 4.51. The van der Waals surface area contributed by atoms with Crippen molar-refractivity contribution in [3.05, 3.63) is 64.2 Å². The Morgan fingerprint density at radius 1 is 1.48 bits per heavy atom. The number of hydrogen-bond acceptors (Lipinski definition) is 2. The molecule has 0 fully saturated rings. The van der Waals surface area contributed by atoms with E-state index in [-0.39, 0.29) is 18.3 Å². The van der Waals surface area contributed by atoms with E-state index >= 15 is 0 Å². The van der Waals surface area contributed by atoms with E-state index in [4.69, 9.17) is 0 Å². The molecule has 0 aliphatic heterocycles. The van der Waals surface area contributed by atoms with Crippen molar-refractivity contribution in [1.29, 1.82) is 0 Å². The molecule has 6 heteroatoms. The molecular weight excluding hydrogens is 361 g/mol. The lowest BCUT2D eigenvalue weighted by Gasteiger charge is -2.20. The predicted molar refractivity (Wildman–Crippen MR) is 91.6 cm³/mol. The third-order valence-corrected chi connectivity index (χ3v) is 3.87. The molecule has 0 saturated heterocycles. The van der Waals surface area contributed by atoms with Gasteiger partial charge >= 0.3 is 0 Å². The highest BCUT2D eigenvalue weighted by Crippen LogP contribution is 2.18. The summed E-state index contributed by atoms with van der Waals surface area (Å²) in [4.78, 5) is 14.1. The summed E-state index contributed by atoms with van der Waals surface area (Å²) in [7, 11) is 0. The van der Waals surface area contributed by atoms with Crippen LogP contribution < -0.4 is 0 Å². The van der Waals surface area contributed by atoms with Crippen molar-refractivity contribution in [3.63, 3.8) is 0 Å². The van der Waals surface area contributed by atoms with Crippen LogP contribution >= 0.6 is 15.9 Å². The number of amides is 1. The van der Waals surface area contributed by atoms with Crippen molar-refractivity contribution in [1.82, 2.24) is 15.1 Å². The van der Waals surface area contributed by atoms with Crippen molar-refractivity contribution >= 4 is 21.8 Å². The summed E-state index contributed by atoms with van der Waals surface area (Å²) in [6.07, 6.45) is 3.42. The SMILES string of the molecule is C=CCN(Cc1cc(Br)ccc1F)C(=O)c1cc(CCC)[nH]n1. The molecule has 1 heterocycles. The average molecular weight is 380 g/mol. The van der Waals surface area contributed by atoms with Gasteiger partial charge in [-0.25, -0.2) is 4.39 Å². The monoisotopic (exact) mass is 379 g/mol. The standard InChI is InChI=1S/C17H19BrFN3O/c1-3-5-14-10-16(21-20-14)17(23)22(8-4-2)11-12-9-13(18)6-7-15(12)19/h4,6-7,9-10H,2-3,5,8,11H2,1H3,(H,20,21). The summed E-state index contributed by atoms with van der Waals surface area (Å²) in [5.41, 5.74) is 1.70. The van der Waals surface area contributed by atoms with E-state index in [0.717, 1.165) is 23.0 Å². The van der Waals surface area contributed by atoms with Gasteiger partial charge in [-0.2, -0.15) is 5.10 Å². The van der Waals surface area contributed by atoms with E-state index in [1.54, 1.807) is 24.3 Å². The van der Waals surface area contributed by atoms with Crippen molar-refractivity contribution in [3.8, 4) is 0 Å². The number of aryl methyl sites for hydroxylation is 1. The van der Waals surface area contributed by atoms with E-state index in [9.17, 15) is 9.18 Å². The molecule has 122 valence electrons. The Hall–Kier alpha value is -1.95. The van der Waals surface area contributed by atoms with Crippen LogP contribution in [0.25, 0.3) is 0 Å². The number of H-pyrrole nitrogens is 1. The van der Waals surface area contributed by atoms with E-state index < -0.39 is 0 Å². The van der Waals surface area contributed by atoms with Gasteiger partial charge in [-0.15, -0.1) is 6.58 Å². The maximum absolute atomic E-state index is 13.9. The number of halogens is 2. The van der Waals surface area contributed by atoms with Crippen LogP contribution in [-0.4, -0.2) is 27.5 Å². The van der Waals surface area contributed by atoms with Crippen LogP contribution in [0.5, 0.6) is 0 Å². The first-order chi connectivity index (χ1) is 11.0. The number of nitrogens with one attached hydrogen (secondary N) is 1. The highest BCUT2D eigenvalue weighted by atomic mass is 79.9. The Bertz CT molecular complexity index is 699. The van der Waals surface area contributed by atoms with E-state index in [1.807, 2.05) is 0 Å². The molecule has 0 spiro atoms. The van der Waals surface area contributed by atoms with Gasteiger partial charge in [-0.1, -0.05) is 35.4 Å². The van der Waals surface area contributed by atoms with Crippen LogP contribution in [0.15, 0.2) is 41.4 Å². The minimum atomic E-state index is -0.344. The third-order valence-electron chi connectivity index (χ3n) is 3.38. The fourth-order valence-electron chi connectivity index (χ4n) is 2.28. The molecule has 1 N–H and O–H groups in total. The molecule has 1 aromatic heterocycles. The van der Waals surface area contributed by atoms with Crippen molar-refractivity contribution < 1.29 is 9.18 Å². The minimum Gasteiger partial charge on any atom is -0.329 e. The second kappa shape index (κ2) is 8.06. The topological polar surface area (TPSA) is 49.0 Å². The van der Waals surface area contributed by atoms with Gasteiger partial charge in [-0.05, 0) is 30.7 Å².